The van der Waals surface area contributed by atoms with Gasteiger partial charge in [0.25, 0.3) is 0 Å². The average Bonchev–Trinajstić information content (AvgIpc) is 2.71. The summed E-state index contributed by atoms with van der Waals surface area (Å²) in [5.41, 5.74) is 7.65. The highest BCUT2D eigenvalue weighted by molar-refractivity contribution is 5.83. The van der Waals surface area contributed by atoms with Gasteiger partial charge in [0.2, 0.25) is 0 Å². The van der Waals surface area contributed by atoms with Crippen LogP contribution in [0.1, 0.15) is 115 Å². The zero-order valence-electron chi connectivity index (χ0n) is 21.8. The van der Waals surface area contributed by atoms with Crippen molar-refractivity contribution in [3.05, 3.63) is 75.9 Å². The van der Waals surface area contributed by atoms with E-state index in [-0.39, 0.29) is 5.97 Å². The van der Waals surface area contributed by atoms with E-state index in [1.807, 2.05) is 19.1 Å². The highest BCUT2D eigenvalue weighted by Crippen LogP contribution is 2.33. The lowest BCUT2D eigenvalue weighted by molar-refractivity contribution is -0.137. The maximum Gasteiger partial charge on any atom is 0.331 e. The molecule has 0 amide bonds. The SMILES string of the molecule is CCCCOC(=O)/C=C(C)/C=C/C=C(C)/C=C/c1c(C(C)C)cc(C(C)C)cc1C(C)C. The zero-order valence-corrected chi connectivity index (χ0v) is 21.8. The molecular weight excluding hydrogens is 392 g/mol. The summed E-state index contributed by atoms with van der Waals surface area (Å²) in [6.07, 6.45) is 13.9. The van der Waals surface area contributed by atoms with E-state index in [0.29, 0.717) is 24.4 Å². The van der Waals surface area contributed by atoms with Gasteiger partial charge in [0, 0.05) is 6.08 Å². The van der Waals surface area contributed by atoms with Crippen molar-refractivity contribution >= 4 is 12.0 Å². The number of ether oxygens (including phenoxy) is 1. The second-order valence-electron chi connectivity index (χ2n) is 9.59. The molecule has 0 unspecified atom stereocenters. The van der Waals surface area contributed by atoms with Crippen molar-refractivity contribution in [1.82, 2.24) is 0 Å². The Bertz CT molecular complexity index is 832. The van der Waals surface area contributed by atoms with E-state index in [0.717, 1.165) is 24.0 Å². The lowest BCUT2D eigenvalue weighted by Gasteiger charge is -2.21. The van der Waals surface area contributed by atoms with Gasteiger partial charge in [-0.05, 0) is 65.8 Å². The summed E-state index contributed by atoms with van der Waals surface area (Å²) in [6, 6.07) is 4.77. The van der Waals surface area contributed by atoms with Gasteiger partial charge >= 0.3 is 5.97 Å². The molecule has 0 bridgehead atoms. The van der Waals surface area contributed by atoms with E-state index >= 15 is 0 Å². The van der Waals surface area contributed by atoms with Gasteiger partial charge in [-0.25, -0.2) is 4.79 Å². The standard InChI is InChI=1S/C30H44O2/c1-10-11-17-32-30(31)18-25(9)14-12-13-24(8)15-16-27-28(22(4)5)19-26(21(2)3)20-29(27)23(6)7/h12-16,18-23H,10-11,17H2,1-9H3/b14-12+,16-15+,24-13+,25-18+. The van der Waals surface area contributed by atoms with E-state index in [1.165, 1.54) is 22.3 Å². The number of benzene rings is 1. The number of esters is 1. The van der Waals surface area contributed by atoms with Crippen molar-refractivity contribution in [1.29, 1.82) is 0 Å². The highest BCUT2D eigenvalue weighted by atomic mass is 16.5. The quantitative estimate of drug-likeness (QED) is 0.150. The minimum atomic E-state index is -0.270. The van der Waals surface area contributed by atoms with Crippen molar-refractivity contribution in [2.45, 2.75) is 92.9 Å². The van der Waals surface area contributed by atoms with Gasteiger partial charge in [-0.3, -0.25) is 0 Å². The molecule has 0 spiro atoms. The van der Waals surface area contributed by atoms with Crippen molar-refractivity contribution in [3.63, 3.8) is 0 Å². The van der Waals surface area contributed by atoms with Crippen molar-refractivity contribution in [2.75, 3.05) is 6.61 Å². The Hall–Kier alpha value is -2.35. The first-order chi connectivity index (χ1) is 15.1. The van der Waals surface area contributed by atoms with Gasteiger partial charge in [0.15, 0.2) is 0 Å². The van der Waals surface area contributed by atoms with Crippen LogP contribution in [0.15, 0.2) is 53.7 Å². The Balaban J connectivity index is 3.05. The Morgan fingerprint density at radius 2 is 1.50 bits per heavy atom. The summed E-state index contributed by atoms with van der Waals surface area (Å²) in [6.45, 7) is 20.2. The first-order valence-corrected chi connectivity index (χ1v) is 12.1. The van der Waals surface area contributed by atoms with E-state index in [4.69, 9.17) is 4.74 Å². The van der Waals surface area contributed by atoms with Crippen LogP contribution < -0.4 is 0 Å². The largest absolute Gasteiger partial charge is 0.463 e. The van der Waals surface area contributed by atoms with Crippen LogP contribution in [0.3, 0.4) is 0 Å². The third kappa shape index (κ3) is 9.42. The first kappa shape index (κ1) is 27.7. The van der Waals surface area contributed by atoms with E-state index in [1.54, 1.807) is 6.08 Å². The predicted molar refractivity (Wildman–Crippen MR) is 140 cm³/mol. The normalized spacial score (nSPS) is 13.4. The molecule has 0 saturated heterocycles. The third-order valence-electron chi connectivity index (χ3n) is 5.50. The molecule has 1 rings (SSSR count). The lowest BCUT2D eigenvalue weighted by Crippen LogP contribution is -2.03. The maximum atomic E-state index is 11.8. The Labute approximate surface area is 197 Å². The third-order valence-corrected chi connectivity index (χ3v) is 5.50. The van der Waals surface area contributed by atoms with Crippen LogP contribution in [-0.2, 0) is 9.53 Å². The highest BCUT2D eigenvalue weighted by Gasteiger charge is 2.15. The van der Waals surface area contributed by atoms with E-state index < -0.39 is 0 Å². The monoisotopic (exact) mass is 436 g/mol. The second kappa shape index (κ2) is 13.9. The Morgan fingerprint density at radius 1 is 0.906 bits per heavy atom. The number of allylic oxidation sites excluding steroid dienone is 6. The summed E-state index contributed by atoms with van der Waals surface area (Å²) >= 11 is 0. The molecule has 0 radical (unpaired) electrons. The zero-order chi connectivity index (χ0) is 24.3. The molecule has 1 aromatic rings. The van der Waals surface area contributed by atoms with Crippen LogP contribution in [0, 0.1) is 0 Å². The fourth-order valence-corrected chi connectivity index (χ4v) is 3.42. The summed E-state index contributed by atoms with van der Waals surface area (Å²) in [4.78, 5) is 11.8. The summed E-state index contributed by atoms with van der Waals surface area (Å²) in [7, 11) is 0. The average molecular weight is 437 g/mol. The van der Waals surface area contributed by atoms with Crippen LogP contribution in [0.4, 0.5) is 0 Å². The van der Waals surface area contributed by atoms with Crippen LogP contribution >= 0.6 is 0 Å². The summed E-state index contributed by atoms with van der Waals surface area (Å²) < 4.78 is 5.18. The molecule has 0 atom stereocenters. The first-order valence-electron chi connectivity index (χ1n) is 12.1. The molecule has 0 aliphatic heterocycles. The van der Waals surface area contributed by atoms with Gasteiger partial charge in [0.1, 0.15) is 0 Å². The number of hydrogen-bond donors (Lipinski definition) is 0. The summed E-state index contributed by atoms with van der Waals surface area (Å²) in [5, 5.41) is 0. The van der Waals surface area contributed by atoms with Gasteiger partial charge in [0.05, 0.1) is 6.61 Å². The smallest absolute Gasteiger partial charge is 0.331 e. The molecule has 0 heterocycles. The summed E-state index contributed by atoms with van der Waals surface area (Å²) in [5.74, 6) is 1.20. The molecule has 2 heteroatoms. The van der Waals surface area contributed by atoms with Crippen molar-refractivity contribution in [2.24, 2.45) is 0 Å². The van der Waals surface area contributed by atoms with E-state index in [2.05, 4.69) is 85.8 Å². The number of carbonyl (C=O) groups excluding carboxylic acids is 1. The molecule has 176 valence electrons. The van der Waals surface area contributed by atoms with Crippen molar-refractivity contribution < 1.29 is 9.53 Å². The predicted octanol–water partition coefficient (Wildman–Crippen LogP) is 8.86. The second-order valence-corrected chi connectivity index (χ2v) is 9.59. The molecule has 1 aromatic carbocycles. The molecule has 0 aromatic heterocycles. The molecule has 0 aliphatic carbocycles. The number of rotatable bonds is 11. The molecule has 32 heavy (non-hydrogen) atoms. The van der Waals surface area contributed by atoms with Gasteiger partial charge in [-0.15, -0.1) is 0 Å². The number of hydrogen-bond acceptors (Lipinski definition) is 2. The minimum Gasteiger partial charge on any atom is -0.463 e. The number of carbonyl (C=O) groups is 1. The van der Waals surface area contributed by atoms with Crippen LogP contribution in [0.5, 0.6) is 0 Å². The molecule has 0 saturated carbocycles. The molecule has 0 fully saturated rings. The molecular formula is C30H44O2. The Morgan fingerprint density at radius 3 is 2.00 bits per heavy atom. The van der Waals surface area contributed by atoms with Gasteiger partial charge in [-0.2, -0.15) is 0 Å². The van der Waals surface area contributed by atoms with Crippen LogP contribution in [-0.4, -0.2) is 12.6 Å². The molecule has 0 aliphatic rings. The maximum absolute atomic E-state index is 11.8. The topological polar surface area (TPSA) is 26.3 Å². The van der Waals surface area contributed by atoms with Crippen molar-refractivity contribution in [3.8, 4) is 0 Å². The minimum absolute atomic E-state index is 0.270. The number of unbranched alkanes of at least 4 members (excludes halogenated alkanes) is 1. The van der Waals surface area contributed by atoms with Gasteiger partial charge in [-0.1, -0.05) is 103 Å². The lowest BCUT2D eigenvalue weighted by atomic mass is 9.84. The van der Waals surface area contributed by atoms with E-state index in [9.17, 15) is 4.79 Å². The Kier molecular flexibility index (Phi) is 12.1. The fourth-order valence-electron chi connectivity index (χ4n) is 3.42. The van der Waals surface area contributed by atoms with Gasteiger partial charge < -0.3 is 4.74 Å². The molecule has 0 N–H and O–H groups in total. The van der Waals surface area contributed by atoms with Crippen LogP contribution in [0.2, 0.25) is 0 Å². The van der Waals surface area contributed by atoms with Crippen LogP contribution in [0.25, 0.3) is 6.08 Å². The fraction of sp³-hybridized carbons (Fsp3) is 0.500. The molecule has 2 nitrogen and oxygen atoms in total.